The third kappa shape index (κ3) is 1.72. The molecule has 2 bridgehead atoms. The molecule has 1 aromatic rings. The molecule has 5 heteroatoms. The first-order valence-corrected chi connectivity index (χ1v) is 6.91. The van der Waals surface area contributed by atoms with Crippen LogP contribution in [-0.2, 0) is 9.53 Å². The smallest absolute Gasteiger partial charge is 0.331 e. The standard InChI is InChI=1S/C15H18N2O3/c1-10-7-11-9-15(8-10,14(19)20-2)17(11)13(18)12-5-3-4-6-16-12/h3-6,10-11H,7-9H2,1-2H3/t10-,11?,15?/m1/s1. The Kier molecular flexibility index (Phi) is 3.00. The van der Waals surface area contributed by atoms with E-state index in [2.05, 4.69) is 11.9 Å². The minimum absolute atomic E-state index is 0.132. The Morgan fingerprint density at radius 3 is 2.85 bits per heavy atom. The zero-order valence-corrected chi connectivity index (χ0v) is 11.7. The topological polar surface area (TPSA) is 59.5 Å². The van der Waals surface area contributed by atoms with Crippen molar-refractivity contribution in [2.24, 2.45) is 5.92 Å². The third-order valence-corrected chi connectivity index (χ3v) is 4.43. The number of nitrogens with zero attached hydrogens (tertiary/aromatic N) is 2. The molecule has 2 fully saturated rings. The van der Waals surface area contributed by atoms with Crippen LogP contribution in [0.15, 0.2) is 24.4 Å². The molecule has 0 spiro atoms. The molecule has 2 heterocycles. The van der Waals surface area contributed by atoms with E-state index >= 15 is 0 Å². The second-order valence-corrected chi connectivity index (χ2v) is 5.82. The molecule has 3 atom stereocenters. The van der Waals surface area contributed by atoms with Crippen LogP contribution in [0.4, 0.5) is 0 Å². The van der Waals surface area contributed by atoms with Crippen LogP contribution < -0.4 is 0 Å². The number of aromatic nitrogens is 1. The summed E-state index contributed by atoms with van der Waals surface area (Å²) in [6.45, 7) is 2.12. The van der Waals surface area contributed by atoms with Crippen LogP contribution in [0.5, 0.6) is 0 Å². The molecule has 106 valence electrons. The summed E-state index contributed by atoms with van der Waals surface area (Å²) >= 11 is 0. The van der Waals surface area contributed by atoms with E-state index < -0.39 is 5.54 Å². The van der Waals surface area contributed by atoms with E-state index in [1.54, 1.807) is 29.3 Å². The SMILES string of the molecule is COC(=O)C12CC(C[C@@H](C)C1)N2C(=O)c1ccccn1. The lowest BCUT2D eigenvalue weighted by Gasteiger charge is -2.61. The van der Waals surface area contributed by atoms with Gasteiger partial charge in [0.25, 0.3) is 5.91 Å². The van der Waals surface area contributed by atoms with E-state index in [1.807, 2.05) is 0 Å². The number of piperidine rings is 1. The predicted octanol–water partition coefficient (Wildman–Crippen LogP) is 1.64. The zero-order valence-electron chi connectivity index (χ0n) is 11.7. The number of esters is 1. The summed E-state index contributed by atoms with van der Waals surface area (Å²) in [6.07, 6.45) is 3.92. The second-order valence-electron chi connectivity index (χ2n) is 5.82. The van der Waals surface area contributed by atoms with Crippen molar-refractivity contribution in [2.75, 3.05) is 7.11 Å². The first-order valence-electron chi connectivity index (χ1n) is 6.91. The van der Waals surface area contributed by atoms with Crippen molar-refractivity contribution >= 4 is 11.9 Å². The molecule has 2 aliphatic rings. The van der Waals surface area contributed by atoms with Crippen LogP contribution in [0.1, 0.15) is 36.7 Å². The monoisotopic (exact) mass is 274 g/mol. The maximum absolute atomic E-state index is 12.6. The van der Waals surface area contributed by atoms with E-state index in [9.17, 15) is 9.59 Å². The number of carbonyl (C=O) groups excluding carboxylic acids is 2. The summed E-state index contributed by atoms with van der Waals surface area (Å²) in [5.74, 6) is -0.0376. The first-order chi connectivity index (χ1) is 9.58. The van der Waals surface area contributed by atoms with Crippen LogP contribution in [0.3, 0.4) is 0 Å². The van der Waals surface area contributed by atoms with E-state index in [0.29, 0.717) is 24.5 Å². The lowest BCUT2D eigenvalue weighted by molar-refractivity contribution is -0.178. The summed E-state index contributed by atoms with van der Waals surface area (Å²) in [6, 6.07) is 5.37. The fraction of sp³-hybridized carbons (Fsp3) is 0.533. The molecule has 3 rings (SSSR count). The molecular formula is C15H18N2O3. The number of pyridine rings is 1. The summed E-state index contributed by atoms with van der Waals surface area (Å²) in [5, 5.41) is 0. The highest BCUT2D eigenvalue weighted by Gasteiger charge is 2.63. The maximum atomic E-state index is 12.6. The summed E-state index contributed by atoms with van der Waals surface area (Å²) in [7, 11) is 1.38. The number of methoxy groups -OCH3 is 1. The highest BCUT2D eigenvalue weighted by molar-refractivity contribution is 5.98. The normalized spacial score (nSPS) is 31.4. The Morgan fingerprint density at radius 2 is 2.20 bits per heavy atom. The van der Waals surface area contributed by atoms with Gasteiger partial charge in [0.1, 0.15) is 11.2 Å². The molecule has 5 nitrogen and oxygen atoms in total. The lowest BCUT2D eigenvalue weighted by atomic mass is 9.64. The van der Waals surface area contributed by atoms with Crippen LogP contribution in [0, 0.1) is 5.92 Å². The minimum atomic E-state index is -0.772. The number of rotatable bonds is 2. The molecule has 1 saturated carbocycles. The van der Waals surface area contributed by atoms with E-state index in [4.69, 9.17) is 4.74 Å². The maximum Gasteiger partial charge on any atom is 0.331 e. The molecule has 20 heavy (non-hydrogen) atoms. The molecule has 2 unspecified atom stereocenters. The molecule has 1 aliphatic heterocycles. The molecule has 0 radical (unpaired) electrons. The molecule has 1 saturated heterocycles. The van der Waals surface area contributed by atoms with Gasteiger partial charge in [0.15, 0.2) is 0 Å². The Morgan fingerprint density at radius 1 is 1.40 bits per heavy atom. The molecule has 1 aromatic heterocycles. The molecule has 0 aromatic carbocycles. The number of likely N-dealkylation sites (tertiary alicyclic amines) is 1. The van der Waals surface area contributed by atoms with Gasteiger partial charge in [-0.1, -0.05) is 13.0 Å². The van der Waals surface area contributed by atoms with Gasteiger partial charge in [-0.25, -0.2) is 4.79 Å². The number of fused-ring (bicyclic) bond motifs is 2. The van der Waals surface area contributed by atoms with Crippen LogP contribution in [-0.4, -0.2) is 40.5 Å². The largest absolute Gasteiger partial charge is 0.467 e. The molecule has 1 amide bonds. The average molecular weight is 274 g/mol. The number of carbonyl (C=O) groups is 2. The highest BCUT2D eigenvalue weighted by Crippen LogP contribution is 2.50. The minimum Gasteiger partial charge on any atom is -0.467 e. The molecular weight excluding hydrogens is 256 g/mol. The fourth-order valence-electron chi connectivity index (χ4n) is 3.74. The predicted molar refractivity (Wildman–Crippen MR) is 72.0 cm³/mol. The van der Waals surface area contributed by atoms with Crippen molar-refractivity contribution in [1.82, 2.24) is 9.88 Å². The molecule has 1 aliphatic carbocycles. The van der Waals surface area contributed by atoms with Crippen LogP contribution in [0.25, 0.3) is 0 Å². The van der Waals surface area contributed by atoms with Gasteiger partial charge < -0.3 is 9.64 Å². The quantitative estimate of drug-likeness (QED) is 0.769. The number of ether oxygens (including phenoxy) is 1. The second kappa shape index (κ2) is 4.58. The Balaban J connectivity index is 1.93. The molecule has 0 N–H and O–H groups in total. The summed E-state index contributed by atoms with van der Waals surface area (Å²) < 4.78 is 4.94. The Labute approximate surface area is 117 Å². The summed E-state index contributed by atoms with van der Waals surface area (Å²) in [4.78, 5) is 30.6. The van der Waals surface area contributed by atoms with Gasteiger partial charge >= 0.3 is 5.97 Å². The van der Waals surface area contributed by atoms with E-state index in [1.165, 1.54) is 7.11 Å². The van der Waals surface area contributed by atoms with Crippen LogP contribution in [0.2, 0.25) is 0 Å². The third-order valence-electron chi connectivity index (χ3n) is 4.43. The van der Waals surface area contributed by atoms with Gasteiger partial charge in [-0.2, -0.15) is 0 Å². The van der Waals surface area contributed by atoms with Crippen molar-refractivity contribution < 1.29 is 14.3 Å². The number of hydrogen-bond donors (Lipinski definition) is 0. The lowest BCUT2D eigenvalue weighted by Crippen LogP contribution is -2.75. The summed E-state index contributed by atoms with van der Waals surface area (Å²) in [5.41, 5.74) is -0.383. The van der Waals surface area contributed by atoms with Crippen molar-refractivity contribution in [2.45, 2.75) is 37.8 Å². The van der Waals surface area contributed by atoms with Gasteiger partial charge in [-0.3, -0.25) is 9.78 Å². The number of hydrogen-bond acceptors (Lipinski definition) is 4. The van der Waals surface area contributed by atoms with E-state index in [0.717, 1.165) is 6.42 Å². The van der Waals surface area contributed by atoms with Gasteiger partial charge in [0.2, 0.25) is 0 Å². The first kappa shape index (κ1) is 13.1. The Hall–Kier alpha value is -1.91. The number of amides is 1. The average Bonchev–Trinajstić information content (AvgIpc) is 2.46. The fourth-order valence-corrected chi connectivity index (χ4v) is 3.74. The van der Waals surface area contributed by atoms with Crippen molar-refractivity contribution in [3.8, 4) is 0 Å². The van der Waals surface area contributed by atoms with Crippen molar-refractivity contribution in [3.63, 3.8) is 0 Å². The highest BCUT2D eigenvalue weighted by atomic mass is 16.5. The Bertz CT molecular complexity index is 545. The van der Waals surface area contributed by atoms with Gasteiger partial charge in [0, 0.05) is 18.7 Å². The van der Waals surface area contributed by atoms with Crippen molar-refractivity contribution in [3.05, 3.63) is 30.1 Å². The van der Waals surface area contributed by atoms with Gasteiger partial charge in [0.05, 0.1) is 7.11 Å². The van der Waals surface area contributed by atoms with Crippen molar-refractivity contribution in [1.29, 1.82) is 0 Å². The zero-order chi connectivity index (χ0) is 14.3. The van der Waals surface area contributed by atoms with E-state index in [-0.39, 0.29) is 17.9 Å². The van der Waals surface area contributed by atoms with Gasteiger partial charge in [-0.05, 0) is 30.9 Å². The van der Waals surface area contributed by atoms with Crippen LogP contribution >= 0.6 is 0 Å². The van der Waals surface area contributed by atoms with Gasteiger partial charge in [-0.15, -0.1) is 0 Å².